The van der Waals surface area contributed by atoms with Gasteiger partial charge in [0.1, 0.15) is 17.1 Å². The molecule has 146 valence electrons. The second kappa shape index (κ2) is 7.46. The van der Waals surface area contributed by atoms with Crippen molar-refractivity contribution in [2.45, 2.75) is 20.0 Å². The minimum absolute atomic E-state index is 0.00239. The molecule has 0 spiro atoms. The standard InChI is InChI=1S/C19H12F3IO5/c1-9-14(26-10(2)24)8-7-13-15(25)17(18(19(20,21)22)28-16(9)13)27-12-5-3-11(23)4-6-12/h3-8H,1-2H3. The lowest BCUT2D eigenvalue weighted by Crippen LogP contribution is -2.16. The van der Waals surface area contributed by atoms with E-state index >= 15 is 0 Å². The van der Waals surface area contributed by atoms with Gasteiger partial charge in [0.2, 0.25) is 11.2 Å². The van der Waals surface area contributed by atoms with Gasteiger partial charge in [0, 0.05) is 16.1 Å². The van der Waals surface area contributed by atoms with E-state index < -0.39 is 29.1 Å². The van der Waals surface area contributed by atoms with Crippen LogP contribution in [-0.4, -0.2) is 5.97 Å². The second-order valence-electron chi connectivity index (χ2n) is 5.80. The van der Waals surface area contributed by atoms with Gasteiger partial charge in [0.15, 0.2) is 0 Å². The van der Waals surface area contributed by atoms with E-state index in [9.17, 15) is 22.8 Å². The molecule has 0 saturated heterocycles. The number of benzene rings is 2. The molecule has 0 aliphatic heterocycles. The molecule has 0 bridgehead atoms. The Kier molecular flexibility index (Phi) is 5.37. The van der Waals surface area contributed by atoms with Gasteiger partial charge in [-0.2, -0.15) is 13.2 Å². The van der Waals surface area contributed by atoms with Crippen LogP contribution in [0.1, 0.15) is 18.2 Å². The van der Waals surface area contributed by atoms with Crippen molar-refractivity contribution in [1.29, 1.82) is 0 Å². The average Bonchev–Trinajstić information content (AvgIpc) is 2.60. The van der Waals surface area contributed by atoms with Crippen LogP contribution in [0.15, 0.2) is 45.6 Å². The number of fused-ring (bicyclic) bond motifs is 1. The number of carbonyl (C=O) groups excluding carboxylic acids is 1. The maximum Gasteiger partial charge on any atom is 0.453 e. The maximum absolute atomic E-state index is 13.6. The Balaban J connectivity index is 2.25. The van der Waals surface area contributed by atoms with Crippen LogP contribution >= 0.6 is 22.6 Å². The molecule has 0 fully saturated rings. The highest BCUT2D eigenvalue weighted by Gasteiger charge is 2.40. The van der Waals surface area contributed by atoms with Gasteiger partial charge in [-0.15, -0.1) is 0 Å². The predicted molar refractivity (Wildman–Crippen MR) is 103 cm³/mol. The number of hydrogen-bond acceptors (Lipinski definition) is 5. The highest BCUT2D eigenvalue weighted by Crippen LogP contribution is 2.39. The number of hydrogen-bond donors (Lipinski definition) is 0. The second-order valence-corrected chi connectivity index (χ2v) is 7.05. The van der Waals surface area contributed by atoms with E-state index in [2.05, 4.69) is 0 Å². The third-order valence-electron chi connectivity index (χ3n) is 3.76. The Morgan fingerprint density at radius 1 is 1.11 bits per heavy atom. The summed E-state index contributed by atoms with van der Waals surface area (Å²) in [5.41, 5.74) is -1.22. The van der Waals surface area contributed by atoms with E-state index in [0.717, 1.165) is 10.5 Å². The predicted octanol–water partition coefficient (Wildman–Crippen LogP) is 5.44. The topological polar surface area (TPSA) is 65.7 Å². The molecule has 3 aromatic rings. The third kappa shape index (κ3) is 3.98. The lowest BCUT2D eigenvalue weighted by atomic mass is 10.1. The summed E-state index contributed by atoms with van der Waals surface area (Å²) in [6.45, 7) is 2.54. The summed E-state index contributed by atoms with van der Waals surface area (Å²) in [5, 5.41) is -0.123. The highest BCUT2D eigenvalue weighted by molar-refractivity contribution is 14.1. The Morgan fingerprint density at radius 2 is 1.75 bits per heavy atom. The van der Waals surface area contributed by atoms with E-state index in [1.165, 1.54) is 31.2 Å². The van der Waals surface area contributed by atoms with E-state index in [4.69, 9.17) is 13.9 Å². The summed E-state index contributed by atoms with van der Waals surface area (Å²) in [6.07, 6.45) is -4.98. The molecule has 0 saturated carbocycles. The van der Waals surface area contributed by atoms with Crippen LogP contribution in [0.2, 0.25) is 0 Å². The van der Waals surface area contributed by atoms with Gasteiger partial charge in [-0.3, -0.25) is 9.59 Å². The first-order valence-corrected chi connectivity index (χ1v) is 8.95. The molecule has 5 nitrogen and oxygen atoms in total. The Morgan fingerprint density at radius 3 is 2.32 bits per heavy atom. The first-order chi connectivity index (χ1) is 13.1. The van der Waals surface area contributed by atoms with Crippen molar-refractivity contribution in [1.82, 2.24) is 0 Å². The highest BCUT2D eigenvalue weighted by atomic mass is 127. The zero-order chi connectivity index (χ0) is 20.6. The van der Waals surface area contributed by atoms with Crippen LogP contribution < -0.4 is 14.9 Å². The molecular weight excluding hydrogens is 492 g/mol. The fourth-order valence-corrected chi connectivity index (χ4v) is 2.88. The summed E-state index contributed by atoms with van der Waals surface area (Å²) in [7, 11) is 0. The lowest BCUT2D eigenvalue weighted by molar-refractivity contribution is -0.154. The summed E-state index contributed by atoms with van der Waals surface area (Å²) in [5.74, 6) is -3.11. The van der Waals surface area contributed by atoms with Crippen molar-refractivity contribution in [2.75, 3.05) is 0 Å². The van der Waals surface area contributed by atoms with Gasteiger partial charge < -0.3 is 13.9 Å². The number of alkyl halides is 3. The van der Waals surface area contributed by atoms with Gasteiger partial charge in [-0.25, -0.2) is 0 Å². The average molecular weight is 504 g/mol. The number of carbonyl (C=O) groups is 1. The first kappa shape index (κ1) is 20.2. The van der Waals surface area contributed by atoms with Crippen LogP contribution in [0.4, 0.5) is 13.2 Å². The molecule has 0 N–H and O–H groups in total. The molecule has 2 aromatic carbocycles. The molecule has 0 aliphatic carbocycles. The van der Waals surface area contributed by atoms with Crippen molar-refractivity contribution < 1.29 is 31.9 Å². The van der Waals surface area contributed by atoms with Crippen molar-refractivity contribution >= 4 is 39.5 Å². The number of aryl methyl sites for hydroxylation is 1. The SMILES string of the molecule is CC(=O)Oc1ccc2c(=O)c(Oc3ccc(I)cc3)c(C(F)(F)F)oc2c1C. The summed E-state index contributed by atoms with van der Waals surface area (Å²) >= 11 is 2.03. The van der Waals surface area contributed by atoms with Crippen molar-refractivity contribution in [3.8, 4) is 17.2 Å². The van der Waals surface area contributed by atoms with Crippen molar-refractivity contribution in [2.24, 2.45) is 0 Å². The van der Waals surface area contributed by atoms with Crippen LogP contribution in [0.3, 0.4) is 0 Å². The largest absolute Gasteiger partial charge is 0.453 e. The van der Waals surface area contributed by atoms with Gasteiger partial charge >= 0.3 is 12.1 Å². The third-order valence-corrected chi connectivity index (χ3v) is 4.48. The number of esters is 1. The van der Waals surface area contributed by atoms with E-state index in [-0.39, 0.29) is 28.0 Å². The molecule has 3 rings (SSSR count). The summed E-state index contributed by atoms with van der Waals surface area (Å²) in [4.78, 5) is 23.9. The smallest absolute Gasteiger partial charge is 0.449 e. The lowest BCUT2D eigenvalue weighted by Gasteiger charge is -2.15. The van der Waals surface area contributed by atoms with Crippen LogP contribution in [0.5, 0.6) is 17.2 Å². The van der Waals surface area contributed by atoms with Crippen LogP contribution in [0.25, 0.3) is 11.0 Å². The minimum Gasteiger partial charge on any atom is -0.449 e. The zero-order valence-corrected chi connectivity index (χ0v) is 16.7. The van der Waals surface area contributed by atoms with Crippen LogP contribution in [0, 0.1) is 10.5 Å². The summed E-state index contributed by atoms with van der Waals surface area (Å²) < 4.78 is 56.8. The molecule has 0 amide bonds. The minimum atomic E-state index is -4.98. The normalized spacial score (nSPS) is 11.5. The van der Waals surface area contributed by atoms with E-state index in [0.29, 0.717) is 0 Å². The first-order valence-electron chi connectivity index (χ1n) is 7.87. The molecular formula is C19H12F3IO5. The van der Waals surface area contributed by atoms with Crippen molar-refractivity contribution in [3.05, 3.63) is 61.5 Å². The maximum atomic E-state index is 13.6. The van der Waals surface area contributed by atoms with Gasteiger partial charge in [-0.05, 0) is 65.9 Å². The van der Waals surface area contributed by atoms with Gasteiger partial charge in [0.25, 0.3) is 5.76 Å². The van der Waals surface area contributed by atoms with Crippen molar-refractivity contribution in [3.63, 3.8) is 0 Å². The zero-order valence-electron chi connectivity index (χ0n) is 14.5. The Hall–Kier alpha value is -2.56. The fraction of sp³-hybridized carbons (Fsp3) is 0.158. The monoisotopic (exact) mass is 504 g/mol. The molecule has 28 heavy (non-hydrogen) atoms. The van der Waals surface area contributed by atoms with E-state index in [1.54, 1.807) is 12.1 Å². The van der Waals surface area contributed by atoms with Crippen LogP contribution in [-0.2, 0) is 11.0 Å². The molecule has 1 heterocycles. The fourth-order valence-electron chi connectivity index (χ4n) is 2.52. The number of rotatable bonds is 3. The molecule has 0 unspecified atom stereocenters. The van der Waals surface area contributed by atoms with E-state index in [1.807, 2.05) is 22.6 Å². The quantitative estimate of drug-likeness (QED) is 0.270. The number of ether oxygens (including phenoxy) is 2. The molecule has 1 aromatic heterocycles. The Bertz CT molecular complexity index is 1120. The van der Waals surface area contributed by atoms with Gasteiger partial charge in [0.05, 0.1) is 5.39 Å². The Labute approximate surface area is 170 Å². The number of halogens is 4. The van der Waals surface area contributed by atoms with Gasteiger partial charge in [-0.1, -0.05) is 0 Å². The molecule has 0 atom stereocenters. The molecule has 0 aliphatic rings. The summed E-state index contributed by atoms with van der Waals surface area (Å²) in [6, 6.07) is 8.69. The molecule has 0 radical (unpaired) electrons. The molecule has 9 heteroatoms.